The maximum atomic E-state index is 13.1. The third-order valence-corrected chi connectivity index (χ3v) is 7.15. The van der Waals surface area contributed by atoms with Crippen molar-refractivity contribution in [1.29, 1.82) is 0 Å². The lowest BCUT2D eigenvalue weighted by atomic mass is 9.98. The first-order chi connectivity index (χ1) is 17.5. The van der Waals surface area contributed by atoms with Crippen molar-refractivity contribution in [2.75, 3.05) is 0 Å². The quantitative estimate of drug-likeness (QED) is 0.365. The minimum atomic E-state index is -5.00. The van der Waals surface area contributed by atoms with Crippen LogP contribution in [-0.2, 0) is 14.7 Å². The summed E-state index contributed by atoms with van der Waals surface area (Å²) in [6, 6.07) is 10.2. The Kier molecular flexibility index (Phi) is 5.36. The number of phosphoric ester groups is 1. The van der Waals surface area contributed by atoms with Crippen molar-refractivity contribution in [3.05, 3.63) is 66.0 Å². The Labute approximate surface area is 209 Å². The minimum absolute atomic E-state index is 0.0705. The number of nitrogens with zero attached hydrogens (tertiary/aromatic N) is 4. The van der Waals surface area contributed by atoms with Crippen LogP contribution in [0, 0.1) is 0 Å². The molecule has 2 aliphatic rings. The topological polar surface area (TPSA) is 132 Å². The number of fused-ring (bicyclic) bond motifs is 9. The van der Waals surface area contributed by atoms with E-state index < -0.39 is 20.0 Å². The van der Waals surface area contributed by atoms with Crippen molar-refractivity contribution >= 4 is 18.9 Å². The molecule has 13 heteroatoms. The molecule has 4 aromatic rings. The Morgan fingerprint density at radius 1 is 1.22 bits per heavy atom. The van der Waals surface area contributed by atoms with E-state index in [1.54, 1.807) is 12.1 Å². The molecule has 10 nitrogen and oxygen atoms in total. The van der Waals surface area contributed by atoms with Gasteiger partial charge in [0.1, 0.15) is 17.1 Å². The molecule has 6 rings (SSSR count). The summed E-state index contributed by atoms with van der Waals surface area (Å²) in [5, 5.41) is 0. The highest BCUT2D eigenvalue weighted by Gasteiger charge is 2.43. The molecule has 3 atom stereocenters. The molecule has 2 aromatic carbocycles. The molecule has 0 fully saturated rings. The van der Waals surface area contributed by atoms with Gasteiger partial charge in [-0.15, -0.1) is 0 Å². The number of phosphoric acid groups is 1. The molecule has 0 saturated heterocycles. The molecule has 0 radical (unpaired) electrons. The summed E-state index contributed by atoms with van der Waals surface area (Å²) in [7, 11) is -5.00. The molecular formula is C24H20F2N4O6P-. The van der Waals surface area contributed by atoms with Crippen molar-refractivity contribution < 1.29 is 37.1 Å². The van der Waals surface area contributed by atoms with Gasteiger partial charge in [-0.1, -0.05) is 12.1 Å². The van der Waals surface area contributed by atoms with E-state index in [0.29, 0.717) is 34.6 Å². The lowest BCUT2D eigenvalue weighted by Crippen LogP contribution is -2.25. The molecule has 2 bridgehead atoms. The average Bonchev–Trinajstić information content (AvgIpc) is 3.32. The average molecular weight is 529 g/mol. The summed E-state index contributed by atoms with van der Waals surface area (Å²) in [6.07, 6.45) is 3.27. The normalized spacial score (nSPS) is 19.9. The van der Waals surface area contributed by atoms with Crippen LogP contribution in [0.2, 0.25) is 0 Å². The molecular weight excluding hydrogens is 509 g/mol. The Balaban J connectivity index is 1.39. The maximum Gasteiger partial charge on any atom is 0.387 e. The fourth-order valence-corrected chi connectivity index (χ4v) is 5.69. The SMILES string of the molecule is CC(C)(OP(=O)([O-])O)c1ncc(-c2ccc3nc4n(c3c2)[C@@H]2C[C@H]4Oc3cccc(OC(F)F)c32)cn1. The third-order valence-electron chi connectivity index (χ3n) is 6.47. The number of rotatable bonds is 6. The summed E-state index contributed by atoms with van der Waals surface area (Å²) < 4.78 is 55.0. The number of alkyl halides is 2. The largest absolute Gasteiger partial charge is 0.756 e. The molecule has 0 aliphatic carbocycles. The molecule has 4 heterocycles. The Bertz CT molecular complexity index is 1570. The lowest BCUT2D eigenvalue weighted by molar-refractivity contribution is -0.230. The lowest BCUT2D eigenvalue weighted by Gasteiger charge is -2.28. The van der Waals surface area contributed by atoms with Gasteiger partial charge in [0, 0.05) is 24.4 Å². The predicted octanol–water partition coefficient (Wildman–Crippen LogP) is 4.23. The predicted molar refractivity (Wildman–Crippen MR) is 124 cm³/mol. The van der Waals surface area contributed by atoms with Crippen LogP contribution in [0.3, 0.4) is 0 Å². The molecule has 1 N–H and O–H groups in total. The zero-order chi connectivity index (χ0) is 26.1. The van der Waals surface area contributed by atoms with Gasteiger partial charge in [-0.05, 0) is 43.7 Å². The fourth-order valence-electron chi connectivity index (χ4n) is 5.03. The molecule has 37 heavy (non-hydrogen) atoms. The summed E-state index contributed by atoms with van der Waals surface area (Å²) in [4.78, 5) is 33.4. The smallest absolute Gasteiger partial charge is 0.387 e. The van der Waals surface area contributed by atoms with E-state index in [4.69, 9.17) is 23.9 Å². The monoisotopic (exact) mass is 529 g/mol. The molecule has 2 aromatic heterocycles. The van der Waals surface area contributed by atoms with E-state index in [1.165, 1.54) is 32.3 Å². The molecule has 1 unspecified atom stereocenters. The number of imidazole rings is 1. The Morgan fingerprint density at radius 2 is 1.97 bits per heavy atom. The summed E-state index contributed by atoms with van der Waals surface area (Å²) >= 11 is 0. The minimum Gasteiger partial charge on any atom is -0.756 e. The Morgan fingerprint density at radius 3 is 2.68 bits per heavy atom. The standard InChI is InChI=1S/C24H21F2N4O6P/c1-24(2,36-37(31,32)33)22-27-10-13(11-28-22)12-6-7-14-15(8-12)30-16-9-19(21(30)29-14)34-17-4-3-5-18(20(16)17)35-23(25)26/h3-8,10-11,16,19,23H,9H2,1-2H3,(H2,31,32,33)/p-1/t16-,19-/m1/s1. The van der Waals surface area contributed by atoms with Crippen LogP contribution in [0.5, 0.6) is 11.5 Å². The molecule has 2 aliphatic heterocycles. The zero-order valence-electron chi connectivity index (χ0n) is 19.5. The van der Waals surface area contributed by atoms with Gasteiger partial charge in [0.15, 0.2) is 17.8 Å². The summed E-state index contributed by atoms with van der Waals surface area (Å²) in [5.41, 5.74) is 1.99. The maximum absolute atomic E-state index is 13.1. The van der Waals surface area contributed by atoms with Crippen molar-refractivity contribution in [1.82, 2.24) is 19.5 Å². The van der Waals surface area contributed by atoms with E-state index in [0.717, 1.165) is 11.1 Å². The van der Waals surface area contributed by atoms with Crippen LogP contribution in [0.1, 0.15) is 49.6 Å². The highest BCUT2D eigenvalue weighted by molar-refractivity contribution is 7.44. The van der Waals surface area contributed by atoms with Gasteiger partial charge in [0.2, 0.25) is 0 Å². The highest BCUT2D eigenvalue weighted by atomic mass is 31.2. The second-order valence-electron chi connectivity index (χ2n) is 9.31. The van der Waals surface area contributed by atoms with E-state index in [-0.39, 0.29) is 23.7 Å². The van der Waals surface area contributed by atoms with Gasteiger partial charge < -0.3 is 28.4 Å². The first kappa shape index (κ1) is 23.9. The van der Waals surface area contributed by atoms with Gasteiger partial charge in [-0.25, -0.2) is 15.0 Å². The van der Waals surface area contributed by atoms with Crippen LogP contribution in [0.15, 0.2) is 48.8 Å². The van der Waals surface area contributed by atoms with Crippen LogP contribution in [-0.4, -0.2) is 31.0 Å². The number of aromatic nitrogens is 4. The fraction of sp³-hybridized carbons (Fsp3) is 0.292. The number of ether oxygens (including phenoxy) is 2. The first-order valence-corrected chi connectivity index (χ1v) is 12.8. The zero-order valence-corrected chi connectivity index (χ0v) is 20.4. The van der Waals surface area contributed by atoms with Crippen molar-refractivity contribution in [3.8, 4) is 22.6 Å². The summed E-state index contributed by atoms with van der Waals surface area (Å²) in [5.74, 6) is 1.34. The van der Waals surface area contributed by atoms with Crippen molar-refractivity contribution in [2.24, 2.45) is 0 Å². The van der Waals surface area contributed by atoms with Crippen LogP contribution >= 0.6 is 7.82 Å². The van der Waals surface area contributed by atoms with Crippen molar-refractivity contribution in [2.45, 2.75) is 44.6 Å². The molecule has 0 amide bonds. The molecule has 192 valence electrons. The molecule has 0 saturated carbocycles. The number of hydrogen-bond acceptors (Lipinski definition) is 8. The van der Waals surface area contributed by atoms with Crippen LogP contribution < -0.4 is 14.4 Å². The second kappa shape index (κ2) is 8.29. The van der Waals surface area contributed by atoms with Crippen LogP contribution in [0.25, 0.3) is 22.2 Å². The van der Waals surface area contributed by atoms with E-state index in [2.05, 4.69) is 9.97 Å². The van der Waals surface area contributed by atoms with Gasteiger partial charge in [-0.2, -0.15) is 8.78 Å². The van der Waals surface area contributed by atoms with Gasteiger partial charge in [0.25, 0.3) is 7.82 Å². The van der Waals surface area contributed by atoms with E-state index in [9.17, 15) is 18.2 Å². The van der Waals surface area contributed by atoms with Crippen molar-refractivity contribution in [3.63, 3.8) is 0 Å². The number of hydrogen-bond donors (Lipinski definition) is 1. The molecule has 0 spiro atoms. The Hall–Kier alpha value is -3.44. The third kappa shape index (κ3) is 4.15. The van der Waals surface area contributed by atoms with E-state index in [1.807, 2.05) is 22.8 Å². The summed E-state index contributed by atoms with van der Waals surface area (Å²) in [6.45, 7) is -0.115. The van der Waals surface area contributed by atoms with Gasteiger partial charge >= 0.3 is 6.61 Å². The number of benzene rings is 2. The van der Waals surface area contributed by atoms with Crippen LogP contribution in [0.4, 0.5) is 8.78 Å². The second-order valence-corrected chi connectivity index (χ2v) is 10.4. The number of halogens is 2. The highest BCUT2D eigenvalue weighted by Crippen LogP contribution is 2.53. The van der Waals surface area contributed by atoms with Gasteiger partial charge in [-0.3, -0.25) is 4.57 Å². The first-order valence-electron chi connectivity index (χ1n) is 11.3. The van der Waals surface area contributed by atoms with E-state index >= 15 is 0 Å². The van der Waals surface area contributed by atoms with Gasteiger partial charge in [0.05, 0.1) is 22.6 Å².